The first-order valence-electron chi connectivity index (χ1n) is 10.6. The molecule has 3 N–H and O–H groups in total. The van der Waals surface area contributed by atoms with Crippen molar-refractivity contribution in [2.75, 3.05) is 13.1 Å². The molecule has 5 rings (SSSR count). The summed E-state index contributed by atoms with van der Waals surface area (Å²) in [6.45, 7) is 6.17. The van der Waals surface area contributed by atoms with Crippen molar-refractivity contribution in [3.8, 4) is 11.5 Å². The molecule has 0 radical (unpaired) electrons. The average molecular weight is 373 g/mol. The van der Waals surface area contributed by atoms with Gasteiger partial charge in [0.15, 0.2) is 11.5 Å². The monoisotopic (exact) mass is 373 g/mol. The molecule has 0 spiro atoms. The van der Waals surface area contributed by atoms with Gasteiger partial charge in [0.25, 0.3) is 0 Å². The number of likely N-dealkylation sites (N-methyl/N-ethyl adjacent to an activating group) is 1. The fourth-order valence-electron chi connectivity index (χ4n) is 6.37. The number of rotatable bonds is 4. The van der Waals surface area contributed by atoms with Crippen LogP contribution in [0.3, 0.4) is 0 Å². The molecule has 5 nitrogen and oxygen atoms in total. The molecule has 0 bridgehead atoms. The van der Waals surface area contributed by atoms with Gasteiger partial charge in [0.1, 0.15) is 6.10 Å². The Hall–Kier alpha value is -1.30. The Morgan fingerprint density at radius 2 is 2.04 bits per heavy atom. The fourth-order valence-corrected chi connectivity index (χ4v) is 6.37. The molecule has 148 valence electrons. The Labute approximate surface area is 161 Å². The van der Waals surface area contributed by atoms with E-state index in [1.807, 2.05) is 13.0 Å². The summed E-state index contributed by atoms with van der Waals surface area (Å²) in [6.07, 6.45) is 4.61. The summed E-state index contributed by atoms with van der Waals surface area (Å²) < 4.78 is 6.11. The normalized spacial score (nSPS) is 39.8. The lowest BCUT2D eigenvalue weighted by Gasteiger charge is -2.59. The minimum atomic E-state index is -0.970. The molecule has 3 aliphatic carbocycles. The number of phenols is 1. The van der Waals surface area contributed by atoms with Gasteiger partial charge in [0, 0.05) is 18.2 Å². The molecule has 1 heterocycles. The topological polar surface area (TPSA) is 73.2 Å². The van der Waals surface area contributed by atoms with E-state index in [-0.39, 0.29) is 11.8 Å². The highest BCUT2D eigenvalue weighted by Crippen LogP contribution is 2.62. The van der Waals surface area contributed by atoms with Crippen LogP contribution >= 0.6 is 0 Å². The summed E-state index contributed by atoms with van der Waals surface area (Å²) in [4.78, 5) is 2.47. The maximum atomic E-state index is 12.2. The van der Waals surface area contributed by atoms with Crippen LogP contribution in [0.25, 0.3) is 0 Å². The van der Waals surface area contributed by atoms with Crippen molar-refractivity contribution in [2.45, 2.75) is 81.6 Å². The molecule has 2 saturated carbocycles. The molecular weight excluding hydrogens is 342 g/mol. The Balaban J connectivity index is 1.63. The van der Waals surface area contributed by atoms with Crippen molar-refractivity contribution in [3.63, 3.8) is 0 Å². The third-order valence-electron chi connectivity index (χ3n) is 8.16. The van der Waals surface area contributed by atoms with Crippen LogP contribution in [-0.2, 0) is 11.8 Å². The van der Waals surface area contributed by atoms with Gasteiger partial charge in [-0.05, 0) is 63.1 Å². The van der Waals surface area contributed by atoms with E-state index in [0.717, 1.165) is 36.6 Å². The smallest absolute Gasteiger partial charge is 0.165 e. The van der Waals surface area contributed by atoms with Crippen molar-refractivity contribution >= 4 is 0 Å². The number of aliphatic hydroxyl groups is 2. The number of phenolic OH excluding ortho intramolecular Hbond substituents is 1. The minimum Gasteiger partial charge on any atom is -0.504 e. The fraction of sp³-hybridized carbons (Fsp3) is 0.727. The first kappa shape index (κ1) is 17.8. The van der Waals surface area contributed by atoms with E-state index >= 15 is 0 Å². The van der Waals surface area contributed by atoms with Crippen molar-refractivity contribution in [2.24, 2.45) is 5.92 Å². The summed E-state index contributed by atoms with van der Waals surface area (Å²) in [6, 6.07) is 3.69. The van der Waals surface area contributed by atoms with Crippen molar-refractivity contribution in [3.05, 3.63) is 23.3 Å². The number of hydrogen-bond acceptors (Lipinski definition) is 5. The second kappa shape index (κ2) is 5.85. The quantitative estimate of drug-likeness (QED) is 0.756. The van der Waals surface area contributed by atoms with E-state index in [1.165, 1.54) is 19.3 Å². The molecule has 27 heavy (non-hydrogen) atoms. The lowest BCUT2D eigenvalue weighted by atomic mass is 9.52. The Morgan fingerprint density at radius 3 is 2.70 bits per heavy atom. The average Bonchev–Trinajstić information content (AvgIpc) is 2.95. The van der Waals surface area contributed by atoms with E-state index in [4.69, 9.17) is 4.74 Å². The van der Waals surface area contributed by atoms with E-state index in [2.05, 4.69) is 11.8 Å². The largest absolute Gasteiger partial charge is 0.504 e. The van der Waals surface area contributed by atoms with Gasteiger partial charge in [0.2, 0.25) is 0 Å². The second-order valence-corrected chi connectivity index (χ2v) is 9.32. The van der Waals surface area contributed by atoms with Gasteiger partial charge < -0.3 is 20.1 Å². The number of aliphatic hydroxyl groups excluding tert-OH is 1. The molecule has 5 atom stereocenters. The number of aromatic hydroxyl groups is 1. The molecule has 1 aromatic carbocycles. The standard InChI is InChI=1S/C22H31NO4/c1-3-23(12-13-5-4-6-13)17-11-14-7-8-15(24)19-18(14)21(2)20(27-19)16(25)9-10-22(17,21)26/h7-8,13,16-17,20,24-26H,3-6,9-12H2,1-2H3/t16-,17+,20-,21-,22+/m1/s1. The molecule has 0 aromatic heterocycles. The predicted octanol–water partition coefficient (Wildman–Crippen LogP) is 2.34. The molecule has 0 unspecified atom stereocenters. The van der Waals surface area contributed by atoms with E-state index < -0.39 is 23.2 Å². The molecule has 4 aliphatic rings. The van der Waals surface area contributed by atoms with Crippen LogP contribution < -0.4 is 4.74 Å². The van der Waals surface area contributed by atoms with Gasteiger partial charge in [-0.3, -0.25) is 4.90 Å². The lowest BCUT2D eigenvalue weighted by molar-refractivity contribution is -0.179. The molecule has 2 fully saturated rings. The Morgan fingerprint density at radius 1 is 1.26 bits per heavy atom. The third-order valence-corrected chi connectivity index (χ3v) is 8.16. The molecule has 0 saturated heterocycles. The van der Waals surface area contributed by atoms with Crippen LogP contribution in [0.4, 0.5) is 0 Å². The highest BCUT2D eigenvalue weighted by atomic mass is 16.5. The zero-order valence-electron chi connectivity index (χ0n) is 16.3. The first-order valence-corrected chi connectivity index (χ1v) is 10.6. The van der Waals surface area contributed by atoms with Gasteiger partial charge >= 0.3 is 0 Å². The van der Waals surface area contributed by atoms with Gasteiger partial charge in [0.05, 0.1) is 17.1 Å². The van der Waals surface area contributed by atoms with Crippen LogP contribution in [0.2, 0.25) is 0 Å². The zero-order valence-corrected chi connectivity index (χ0v) is 16.3. The zero-order chi connectivity index (χ0) is 19.0. The molecule has 0 amide bonds. The maximum Gasteiger partial charge on any atom is 0.165 e. The number of benzene rings is 1. The summed E-state index contributed by atoms with van der Waals surface area (Å²) in [7, 11) is 0. The number of nitrogens with zero attached hydrogens (tertiary/aromatic N) is 1. The van der Waals surface area contributed by atoms with Crippen LogP contribution in [0.15, 0.2) is 12.1 Å². The van der Waals surface area contributed by atoms with E-state index in [9.17, 15) is 15.3 Å². The van der Waals surface area contributed by atoms with Gasteiger partial charge in [-0.15, -0.1) is 0 Å². The summed E-state index contributed by atoms with van der Waals surface area (Å²) in [5.74, 6) is 1.32. The maximum absolute atomic E-state index is 12.2. The number of ether oxygens (including phenoxy) is 1. The van der Waals surface area contributed by atoms with Crippen LogP contribution in [-0.4, -0.2) is 57.2 Å². The molecule has 1 aromatic rings. The van der Waals surface area contributed by atoms with Gasteiger partial charge in [-0.25, -0.2) is 0 Å². The molecule has 5 heteroatoms. The lowest BCUT2D eigenvalue weighted by Crippen LogP contribution is -2.72. The summed E-state index contributed by atoms with van der Waals surface area (Å²) in [5.41, 5.74) is 0.389. The highest BCUT2D eigenvalue weighted by Gasteiger charge is 2.69. The van der Waals surface area contributed by atoms with Gasteiger partial charge in [-0.2, -0.15) is 0 Å². The minimum absolute atomic E-state index is 0.00897. The molecular formula is C22H31NO4. The first-order chi connectivity index (χ1) is 12.9. The van der Waals surface area contributed by atoms with Gasteiger partial charge in [-0.1, -0.05) is 19.4 Å². The van der Waals surface area contributed by atoms with E-state index in [0.29, 0.717) is 18.6 Å². The predicted molar refractivity (Wildman–Crippen MR) is 102 cm³/mol. The molecule has 1 aliphatic heterocycles. The summed E-state index contributed by atoms with van der Waals surface area (Å²) >= 11 is 0. The Bertz CT molecular complexity index is 763. The van der Waals surface area contributed by atoms with Crippen molar-refractivity contribution in [1.82, 2.24) is 4.90 Å². The summed E-state index contributed by atoms with van der Waals surface area (Å²) in [5, 5.41) is 33.2. The van der Waals surface area contributed by atoms with Crippen molar-refractivity contribution < 1.29 is 20.1 Å². The SMILES string of the molecule is CCN(CC1CCC1)[C@H]1Cc2ccc(O)c3c2[C@]2(C)[C@H](O3)[C@H](O)CC[C@]12O. The second-order valence-electron chi connectivity index (χ2n) is 9.32. The Kier molecular flexibility index (Phi) is 3.85. The highest BCUT2D eigenvalue weighted by molar-refractivity contribution is 5.61. The number of hydrogen-bond donors (Lipinski definition) is 3. The van der Waals surface area contributed by atoms with Crippen LogP contribution in [0.1, 0.15) is 57.1 Å². The van der Waals surface area contributed by atoms with E-state index in [1.54, 1.807) is 6.07 Å². The van der Waals surface area contributed by atoms with Crippen molar-refractivity contribution in [1.29, 1.82) is 0 Å². The van der Waals surface area contributed by atoms with Crippen LogP contribution in [0.5, 0.6) is 11.5 Å². The van der Waals surface area contributed by atoms with Crippen LogP contribution in [0, 0.1) is 5.92 Å². The third kappa shape index (κ3) is 2.16.